The first-order valence-corrected chi connectivity index (χ1v) is 19.4. The van der Waals surface area contributed by atoms with Crippen LogP contribution >= 0.6 is 0 Å². The molecule has 1 heterocycles. The molecule has 324 valence electrons. The van der Waals surface area contributed by atoms with E-state index in [0.717, 1.165) is 33.1 Å². The van der Waals surface area contributed by atoms with Crippen LogP contribution in [-0.2, 0) is 42.9 Å². The van der Waals surface area contributed by atoms with Crippen LogP contribution in [0.5, 0.6) is 11.5 Å². The first-order chi connectivity index (χ1) is 29.4. The lowest BCUT2D eigenvalue weighted by molar-refractivity contribution is -0.141. The van der Waals surface area contributed by atoms with E-state index in [1.54, 1.807) is 30.3 Å². The fourth-order valence-electron chi connectivity index (χ4n) is 6.48. The summed E-state index contributed by atoms with van der Waals surface area (Å²) in [4.78, 5) is 54.5. The Hall–Kier alpha value is -6.81. The van der Waals surface area contributed by atoms with Crippen LogP contribution in [0.1, 0.15) is 0 Å². The average Bonchev–Trinajstić information content (AvgIpc) is 3.26. The van der Waals surface area contributed by atoms with Crippen molar-refractivity contribution in [1.29, 1.82) is 0 Å². The molecule has 0 unspecified atom stereocenters. The number of carbonyl (C=O) groups is 4. The lowest BCUT2D eigenvalue weighted by atomic mass is 9.93. The minimum atomic E-state index is -0.558. The van der Waals surface area contributed by atoms with Gasteiger partial charge in [0.15, 0.2) is 0 Å². The predicted octanol–water partition coefficient (Wildman–Crippen LogP) is 4.08. The van der Waals surface area contributed by atoms with Gasteiger partial charge in [0.2, 0.25) is 5.36 Å². The summed E-state index contributed by atoms with van der Waals surface area (Å²) in [7, 11) is 13.0. The largest absolute Gasteiger partial charge is 0.489 e. The molecule has 0 fully saturated rings. The van der Waals surface area contributed by atoms with Gasteiger partial charge in [0.05, 0.1) is 59.1 Å². The second-order valence-corrected chi connectivity index (χ2v) is 14.1. The SMILES string of the molecule is COC(=O)CN(CC(=O)OC)c1ccccc1OCCOCCOc1cc(-c2c3ccc(=[N+](C)C)cc-3oc3cc(N(C)C)ccc23)ccc1N(CC(=O)OC)CC(=O)OC. The van der Waals surface area contributed by atoms with Crippen molar-refractivity contribution in [3.63, 3.8) is 0 Å². The molecule has 0 N–H and O–H groups in total. The first-order valence-electron chi connectivity index (χ1n) is 19.4. The molecule has 16 heteroatoms. The summed E-state index contributed by atoms with van der Waals surface area (Å²) >= 11 is 0. The molecule has 3 aromatic carbocycles. The number of esters is 4. The Morgan fingerprint density at radius 3 is 1.72 bits per heavy atom. The highest BCUT2D eigenvalue weighted by Gasteiger charge is 2.24. The van der Waals surface area contributed by atoms with Crippen LogP contribution in [-0.4, -0.2) is 133 Å². The van der Waals surface area contributed by atoms with E-state index in [4.69, 9.17) is 37.6 Å². The third-order valence-corrected chi connectivity index (χ3v) is 9.68. The van der Waals surface area contributed by atoms with Crippen LogP contribution in [0.4, 0.5) is 17.1 Å². The van der Waals surface area contributed by atoms with E-state index >= 15 is 0 Å². The summed E-state index contributed by atoms with van der Waals surface area (Å²) in [6.45, 7) is -0.332. The van der Waals surface area contributed by atoms with Crippen molar-refractivity contribution < 1.29 is 56.8 Å². The third kappa shape index (κ3) is 11.7. The summed E-state index contributed by atoms with van der Waals surface area (Å²) < 4.78 is 46.4. The van der Waals surface area contributed by atoms with E-state index in [0.29, 0.717) is 34.2 Å². The van der Waals surface area contributed by atoms with Gasteiger partial charge in [-0.2, -0.15) is 0 Å². The Morgan fingerprint density at radius 2 is 1.16 bits per heavy atom. The maximum Gasteiger partial charge on any atom is 0.325 e. The van der Waals surface area contributed by atoms with E-state index < -0.39 is 23.9 Å². The highest BCUT2D eigenvalue weighted by atomic mass is 16.6. The molecule has 0 atom stereocenters. The van der Waals surface area contributed by atoms with Crippen molar-refractivity contribution >= 4 is 51.9 Å². The van der Waals surface area contributed by atoms with Crippen molar-refractivity contribution in [3.05, 3.63) is 84.2 Å². The molecule has 2 aliphatic rings. The number of benzene rings is 4. The van der Waals surface area contributed by atoms with E-state index in [1.807, 2.05) is 86.2 Å². The standard InChI is InChI=1S/C45H53N4O12/c1-46(2)31-14-16-33-38(24-31)61-39-25-32(47(3)4)15-17-34(39)45(33)30-13-18-36(49(28-43(52)56-7)29-44(53)57-8)40(23-30)60-22-20-58-19-21-59-37-12-10-9-11-35(37)48(26-41(50)54-5)27-42(51)55-6/h9-18,23-25H,19-22,26-29H2,1-8H3/q+1. The van der Waals surface area contributed by atoms with Gasteiger partial charge in [-0.15, -0.1) is 0 Å². The van der Waals surface area contributed by atoms with Crippen LogP contribution in [0.25, 0.3) is 33.4 Å². The van der Waals surface area contributed by atoms with Gasteiger partial charge in [0.25, 0.3) is 0 Å². The quantitative estimate of drug-likeness (QED) is 0.0363. The van der Waals surface area contributed by atoms with Gasteiger partial charge in [-0.1, -0.05) is 18.2 Å². The molecule has 0 saturated heterocycles. The Kier molecular flexibility index (Phi) is 15.9. The van der Waals surface area contributed by atoms with Gasteiger partial charge < -0.3 is 52.3 Å². The van der Waals surface area contributed by atoms with Crippen molar-refractivity contribution in [3.8, 4) is 33.9 Å². The number of methoxy groups -OCH3 is 4. The van der Waals surface area contributed by atoms with E-state index in [-0.39, 0.29) is 52.6 Å². The molecule has 1 aliphatic carbocycles. The number of nitrogens with zero attached hydrogens (tertiary/aromatic N) is 4. The molecule has 61 heavy (non-hydrogen) atoms. The van der Waals surface area contributed by atoms with Gasteiger partial charge >= 0.3 is 23.9 Å². The van der Waals surface area contributed by atoms with Gasteiger partial charge in [-0.05, 0) is 48.0 Å². The fourth-order valence-corrected chi connectivity index (χ4v) is 6.48. The van der Waals surface area contributed by atoms with Crippen molar-refractivity contribution in [1.82, 2.24) is 4.58 Å². The molecule has 0 bridgehead atoms. The Balaban J connectivity index is 1.43. The van der Waals surface area contributed by atoms with Gasteiger partial charge in [-0.3, -0.25) is 19.2 Å². The van der Waals surface area contributed by atoms with Crippen molar-refractivity contribution in [2.45, 2.75) is 0 Å². The number of ether oxygens (including phenoxy) is 7. The predicted molar refractivity (Wildman–Crippen MR) is 230 cm³/mol. The highest BCUT2D eigenvalue weighted by molar-refractivity contribution is 6.03. The fraction of sp³-hybridized carbons (Fsp3) is 0.356. The first kappa shape index (κ1) is 45.3. The second kappa shape index (κ2) is 21.4. The van der Waals surface area contributed by atoms with E-state index in [9.17, 15) is 19.2 Å². The summed E-state index contributed by atoms with van der Waals surface area (Å²) in [5, 5.41) is 1.85. The Bertz CT molecular complexity index is 2340. The van der Waals surface area contributed by atoms with Gasteiger partial charge in [0.1, 0.15) is 76.3 Å². The molecule has 16 nitrogen and oxygen atoms in total. The minimum absolute atomic E-state index is 0.0906. The molecule has 3 aromatic rings. The normalized spacial score (nSPS) is 10.8. The molecular weight excluding hydrogens is 789 g/mol. The highest BCUT2D eigenvalue weighted by Crippen LogP contribution is 2.43. The van der Waals surface area contributed by atoms with Crippen LogP contribution in [0, 0.1) is 0 Å². The van der Waals surface area contributed by atoms with Gasteiger partial charge in [-0.25, -0.2) is 4.58 Å². The number of rotatable bonds is 20. The molecule has 0 saturated carbocycles. The smallest absolute Gasteiger partial charge is 0.325 e. The Labute approximate surface area is 354 Å². The number of fused-ring (bicyclic) bond motifs is 2. The zero-order valence-corrected chi connectivity index (χ0v) is 35.9. The van der Waals surface area contributed by atoms with Crippen molar-refractivity contribution in [2.75, 3.05) is 124 Å². The molecular formula is C45H53N4O12+. The molecule has 0 aromatic heterocycles. The number of anilines is 3. The maximum absolute atomic E-state index is 12.6. The topological polar surface area (TPSA) is 159 Å². The average molecular weight is 842 g/mol. The zero-order valence-electron chi connectivity index (χ0n) is 35.9. The van der Waals surface area contributed by atoms with Gasteiger partial charge in [0, 0.05) is 48.4 Å². The number of para-hydroxylation sites is 2. The van der Waals surface area contributed by atoms with E-state index in [1.165, 1.54) is 38.2 Å². The zero-order chi connectivity index (χ0) is 44.1. The summed E-state index contributed by atoms with van der Waals surface area (Å²) in [5.41, 5.74) is 5.20. The molecule has 0 amide bonds. The van der Waals surface area contributed by atoms with Crippen LogP contribution in [0.2, 0.25) is 0 Å². The maximum atomic E-state index is 12.6. The van der Waals surface area contributed by atoms with Crippen LogP contribution in [0.3, 0.4) is 0 Å². The molecule has 1 aliphatic heterocycles. The molecule has 0 radical (unpaired) electrons. The lowest BCUT2D eigenvalue weighted by Gasteiger charge is -2.26. The molecule has 0 spiro atoms. The molecule has 5 rings (SSSR count). The third-order valence-electron chi connectivity index (χ3n) is 9.68. The van der Waals surface area contributed by atoms with Crippen molar-refractivity contribution in [2.24, 2.45) is 0 Å². The summed E-state index contributed by atoms with van der Waals surface area (Å²) in [6.07, 6.45) is 0. The van der Waals surface area contributed by atoms with Crippen LogP contribution in [0.15, 0.2) is 83.3 Å². The lowest BCUT2D eigenvalue weighted by Crippen LogP contribution is -2.36. The van der Waals surface area contributed by atoms with Crippen LogP contribution < -0.4 is 34.1 Å². The van der Waals surface area contributed by atoms with E-state index in [2.05, 4.69) is 0 Å². The minimum Gasteiger partial charge on any atom is -0.489 e. The number of carbonyl (C=O) groups excluding carboxylic acids is 4. The summed E-state index contributed by atoms with van der Waals surface area (Å²) in [5.74, 6) is -0.688. The number of hydrogen-bond acceptors (Lipinski definition) is 15. The monoisotopic (exact) mass is 841 g/mol. The second-order valence-electron chi connectivity index (χ2n) is 14.1. The Morgan fingerprint density at radius 1 is 0.607 bits per heavy atom. The summed E-state index contributed by atoms with van der Waals surface area (Å²) in [6, 6.07) is 24.7. The number of hydrogen-bond donors (Lipinski definition) is 0.